The van der Waals surface area contributed by atoms with E-state index in [9.17, 15) is 19.2 Å². The molecule has 3 aromatic carbocycles. The number of thioether (sulfide) groups is 2. The Morgan fingerprint density at radius 3 is 1.30 bits per heavy atom. The molecule has 0 spiro atoms. The quantitative estimate of drug-likeness (QED) is 0.0433. The number of amides is 4. The number of benzene rings is 3. The zero-order valence-corrected chi connectivity index (χ0v) is 35.9. The Morgan fingerprint density at radius 1 is 0.554 bits per heavy atom. The molecule has 13 heteroatoms. The molecule has 0 aliphatic carbocycles. The summed E-state index contributed by atoms with van der Waals surface area (Å²) < 4.78 is 0. The third-order valence-electron chi connectivity index (χ3n) is 8.94. The fourth-order valence-electron chi connectivity index (χ4n) is 5.71. The number of anilines is 4. The SMILES string of the molecule is CCCCCC(=O)Nc1cc(C(C)(C)C)cc(NC(=O)c2cccc(C(=O)Nc3cc(C(C)(C)C)cc(NC(=O)CCCCN)c3SCCN)c2)c1SCCN. The molecule has 0 saturated carbocycles. The first kappa shape index (κ1) is 46.5. The first-order valence-electron chi connectivity index (χ1n) is 19.6. The van der Waals surface area contributed by atoms with Crippen LogP contribution in [-0.2, 0) is 20.4 Å². The maximum absolute atomic E-state index is 14.0. The minimum Gasteiger partial charge on any atom is -0.330 e. The average molecular weight is 806 g/mol. The first-order chi connectivity index (χ1) is 26.5. The molecule has 56 heavy (non-hydrogen) atoms. The second-order valence-corrected chi connectivity index (χ2v) is 18.1. The summed E-state index contributed by atoms with van der Waals surface area (Å²) in [4.78, 5) is 55.4. The molecule has 0 fully saturated rings. The van der Waals surface area contributed by atoms with E-state index in [1.165, 1.54) is 23.5 Å². The molecular formula is C43H63N7O4S2. The Bertz CT molecular complexity index is 1690. The van der Waals surface area contributed by atoms with Crippen molar-refractivity contribution >= 4 is 69.9 Å². The number of hydrogen-bond donors (Lipinski definition) is 7. The Labute approximate surface area is 342 Å². The van der Waals surface area contributed by atoms with E-state index in [0.717, 1.165) is 41.7 Å². The number of carbonyl (C=O) groups excluding carboxylic acids is 4. The van der Waals surface area contributed by atoms with Crippen molar-refractivity contribution in [3.05, 3.63) is 70.8 Å². The zero-order chi connectivity index (χ0) is 41.5. The fourth-order valence-corrected chi connectivity index (χ4v) is 7.42. The number of nitrogens with two attached hydrogens (primary N) is 3. The molecule has 306 valence electrons. The van der Waals surface area contributed by atoms with Crippen molar-refractivity contribution in [1.29, 1.82) is 0 Å². The molecule has 0 heterocycles. The van der Waals surface area contributed by atoms with Crippen LogP contribution in [0.1, 0.15) is 125 Å². The second kappa shape index (κ2) is 22.2. The molecule has 4 amide bonds. The molecule has 0 unspecified atom stereocenters. The van der Waals surface area contributed by atoms with E-state index in [-0.39, 0.29) is 33.8 Å². The second-order valence-electron chi connectivity index (χ2n) is 15.9. The van der Waals surface area contributed by atoms with Crippen LogP contribution in [0, 0.1) is 0 Å². The van der Waals surface area contributed by atoms with Gasteiger partial charge in [0.25, 0.3) is 11.8 Å². The molecular weight excluding hydrogens is 743 g/mol. The van der Waals surface area contributed by atoms with Gasteiger partial charge in [-0.25, -0.2) is 0 Å². The molecule has 11 nitrogen and oxygen atoms in total. The van der Waals surface area contributed by atoms with Crippen LogP contribution in [0.25, 0.3) is 0 Å². The summed E-state index contributed by atoms with van der Waals surface area (Å²) in [6.45, 7) is 15.9. The Hall–Kier alpha value is -3.88. The largest absolute Gasteiger partial charge is 0.330 e. The van der Waals surface area contributed by atoms with E-state index in [0.29, 0.717) is 78.0 Å². The third kappa shape index (κ3) is 14.3. The topological polar surface area (TPSA) is 194 Å². The highest BCUT2D eigenvalue weighted by Crippen LogP contribution is 2.41. The minimum absolute atomic E-state index is 0.0790. The highest BCUT2D eigenvalue weighted by atomic mass is 32.2. The van der Waals surface area contributed by atoms with Gasteiger partial charge in [-0.1, -0.05) is 67.4 Å². The molecule has 3 aromatic rings. The van der Waals surface area contributed by atoms with Crippen molar-refractivity contribution in [2.45, 2.75) is 114 Å². The summed E-state index contributed by atoms with van der Waals surface area (Å²) in [6.07, 6.45) is 4.94. The maximum Gasteiger partial charge on any atom is 0.255 e. The van der Waals surface area contributed by atoms with Crippen molar-refractivity contribution < 1.29 is 19.2 Å². The summed E-state index contributed by atoms with van der Waals surface area (Å²) in [6, 6.07) is 14.3. The van der Waals surface area contributed by atoms with Crippen LogP contribution >= 0.6 is 23.5 Å². The van der Waals surface area contributed by atoms with Crippen LogP contribution in [0.4, 0.5) is 22.7 Å². The van der Waals surface area contributed by atoms with Gasteiger partial charge >= 0.3 is 0 Å². The van der Waals surface area contributed by atoms with E-state index in [1.54, 1.807) is 24.3 Å². The van der Waals surface area contributed by atoms with Crippen molar-refractivity contribution in [1.82, 2.24) is 0 Å². The number of nitrogens with one attached hydrogen (secondary N) is 4. The average Bonchev–Trinajstić information content (AvgIpc) is 3.13. The summed E-state index contributed by atoms with van der Waals surface area (Å²) in [7, 11) is 0. The van der Waals surface area contributed by atoms with E-state index < -0.39 is 11.8 Å². The molecule has 0 saturated heterocycles. The summed E-state index contributed by atoms with van der Waals surface area (Å²) in [5, 5.41) is 12.3. The standard InChI is InChI=1S/C43H63N7O4S2/c1-8-9-10-16-36(51)47-32-24-30(42(2,3)4)26-34(38(32)55-21-19-45)49-40(53)28-14-13-15-29(23-28)41(54)50-35-27-31(43(5,6)7)25-33(39(35)56-22-20-46)48-37(52)17-11-12-18-44/h13-15,23-27H,8-12,16-22,44-46H2,1-7H3,(H,47,51)(H,48,52)(H,49,53)(H,50,54). The number of hydrogen-bond acceptors (Lipinski definition) is 9. The molecule has 0 atom stereocenters. The van der Waals surface area contributed by atoms with Gasteiger partial charge in [0.2, 0.25) is 11.8 Å². The van der Waals surface area contributed by atoms with Gasteiger partial charge in [0, 0.05) is 48.6 Å². The minimum atomic E-state index is -0.414. The van der Waals surface area contributed by atoms with Gasteiger partial charge in [-0.3, -0.25) is 19.2 Å². The maximum atomic E-state index is 14.0. The van der Waals surface area contributed by atoms with Crippen LogP contribution < -0.4 is 38.5 Å². The lowest BCUT2D eigenvalue weighted by atomic mass is 9.86. The number of carbonyl (C=O) groups is 4. The van der Waals surface area contributed by atoms with Gasteiger partial charge in [0.1, 0.15) is 0 Å². The molecule has 0 aliphatic heterocycles. The summed E-state index contributed by atoms with van der Waals surface area (Å²) >= 11 is 2.92. The highest BCUT2D eigenvalue weighted by molar-refractivity contribution is 7.99. The monoisotopic (exact) mass is 805 g/mol. The summed E-state index contributed by atoms with van der Waals surface area (Å²) in [5.41, 5.74) is 21.6. The van der Waals surface area contributed by atoms with E-state index >= 15 is 0 Å². The molecule has 0 aromatic heterocycles. The number of rotatable bonds is 20. The smallest absolute Gasteiger partial charge is 0.255 e. The van der Waals surface area contributed by atoms with Gasteiger partial charge in [-0.05, 0) is 90.2 Å². The van der Waals surface area contributed by atoms with Gasteiger partial charge in [0.05, 0.1) is 32.5 Å². The molecule has 10 N–H and O–H groups in total. The van der Waals surface area contributed by atoms with Crippen LogP contribution in [0.3, 0.4) is 0 Å². The normalized spacial score (nSPS) is 11.6. The van der Waals surface area contributed by atoms with Crippen molar-refractivity contribution in [2.24, 2.45) is 17.2 Å². The first-order valence-corrected chi connectivity index (χ1v) is 21.5. The van der Waals surface area contributed by atoms with Gasteiger partial charge in [-0.15, -0.1) is 23.5 Å². The lowest BCUT2D eigenvalue weighted by Gasteiger charge is -2.25. The van der Waals surface area contributed by atoms with Gasteiger partial charge in [0.15, 0.2) is 0 Å². The third-order valence-corrected chi connectivity index (χ3v) is 11.3. The molecule has 0 aliphatic rings. The van der Waals surface area contributed by atoms with Crippen molar-refractivity contribution in [3.8, 4) is 0 Å². The van der Waals surface area contributed by atoms with Crippen LogP contribution in [0.5, 0.6) is 0 Å². The van der Waals surface area contributed by atoms with Crippen LogP contribution in [0.15, 0.2) is 58.3 Å². The summed E-state index contributed by atoms with van der Waals surface area (Å²) in [5.74, 6) is 0.110. The lowest BCUT2D eigenvalue weighted by Crippen LogP contribution is -2.20. The Morgan fingerprint density at radius 2 is 0.946 bits per heavy atom. The van der Waals surface area contributed by atoms with E-state index in [2.05, 4.69) is 69.7 Å². The number of unbranched alkanes of at least 4 members (excludes halogenated alkanes) is 3. The molecule has 0 bridgehead atoms. The van der Waals surface area contributed by atoms with Gasteiger partial charge in [-0.2, -0.15) is 0 Å². The Balaban J connectivity index is 2.00. The van der Waals surface area contributed by atoms with Gasteiger partial charge < -0.3 is 38.5 Å². The zero-order valence-electron chi connectivity index (χ0n) is 34.3. The predicted octanol–water partition coefficient (Wildman–Crippen LogP) is 8.47. The van der Waals surface area contributed by atoms with Crippen molar-refractivity contribution in [2.75, 3.05) is 52.4 Å². The predicted molar refractivity (Wildman–Crippen MR) is 236 cm³/mol. The van der Waals surface area contributed by atoms with Crippen LogP contribution in [0.2, 0.25) is 0 Å². The molecule has 3 rings (SSSR count). The lowest BCUT2D eigenvalue weighted by molar-refractivity contribution is -0.117. The van der Waals surface area contributed by atoms with E-state index in [4.69, 9.17) is 17.2 Å². The van der Waals surface area contributed by atoms with E-state index in [1.807, 2.05) is 24.3 Å². The highest BCUT2D eigenvalue weighted by Gasteiger charge is 2.24. The fraction of sp³-hybridized carbons (Fsp3) is 0.488. The van der Waals surface area contributed by atoms with Crippen molar-refractivity contribution in [3.63, 3.8) is 0 Å². The Kier molecular flexibility index (Phi) is 18.4. The molecule has 0 radical (unpaired) electrons. The van der Waals surface area contributed by atoms with Crippen LogP contribution in [-0.4, -0.2) is 54.8 Å².